The smallest absolute Gasteiger partial charge is 0.279 e. The molecule has 0 radical (unpaired) electrons. The third-order valence-electron chi connectivity index (χ3n) is 2.58. The summed E-state index contributed by atoms with van der Waals surface area (Å²) in [5, 5.41) is 12.1. The Balaban J connectivity index is 2.51. The maximum Gasteiger partial charge on any atom is 0.279 e. The van der Waals surface area contributed by atoms with Crippen LogP contribution < -0.4 is 10.0 Å². The molecule has 1 rings (SSSR count). The molecule has 1 aliphatic heterocycles. The second-order valence-corrected chi connectivity index (χ2v) is 6.55. The van der Waals surface area contributed by atoms with Crippen LogP contribution >= 0.6 is 0 Å². The zero-order chi connectivity index (χ0) is 12.2. The summed E-state index contributed by atoms with van der Waals surface area (Å²) in [7, 11) is -3.39. The SMILES string of the molecule is CC(C)(CO)CNS(=O)(=O)N1CCNCC1. The van der Waals surface area contributed by atoms with Crippen molar-refractivity contribution in [3.05, 3.63) is 0 Å². The predicted octanol–water partition coefficient (Wildman–Crippen LogP) is -1.26. The van der Waals surface area contributed by atoms with Crippen molar-refractivity contribution in [2.75, 3.05) is 39.3 Å². The lowest BCUT2D eigenvalue weighted by Crippen LogP contribution is -2.51. The maximum atomic E-state index is 11.9. The molecule has 0 aromatic carbocycles. The number of nitrogens with one attached hydrogen (secondary N) is 2. The van der Waals surface area contributed by atoms with Gasteiger partial charge in [-0.05, 0) is 0 Å². The number of aliphatic hydroxyl groups is 1. The minimum Gasteiger partial charge on any atom is -0.396 e. The van der Waals surface area contributed by atoms with Gasteiger partial charge in [0, 0.05) is 44.7 Å². The van der Waals surface area contributed by atoms with Gasteiger partial charge in [0.25, 0.3) is 10.2 Å². The molecular formula is C9H21N3O3S. The van der Waals surface area contributed by atoms with Crippen molar-refractivity contribution in [2.45, 2.75) is 13.8 Å². The summed E-state index contributed by atoms with van der Waals surface area (Å²) in [6.07, 6.45) is 0. The average Bonchev–Trinajstić information content (AvgIpc) is 2.28. The molecule has 1 saturated heterocycles. The van der Waals surface area contributed by atoms with Crippen molar-refractivity contribution in [3.8, 4) is 0 Å². The minimum atomic E-state index is -3.39. The largest absolute Gasteiger partial charge is 0.396 e. The number of piperazine rings is 1. The highest BCUT2D eigenvalue weighted by Crippen LogP contribution is 2.12. The molecule has 0 aromatic rings. The molecule has 1 aliphatic rings. The first-order valence-corrected chi connectivity index (χ1v) is 6.88. The zero-order valence-corrected chi connectivity index (χ0v) is 10.7. The standard InChI is InChI=1S/C9H21N3O3S/c1-9(2,8-13)7-11-16(14,15)12-5-3-10-4-6-12/h10-11,13H,3-8H2,1-2H3. The minimum absolute atomic E-state index is 0.0446. The van der Waals surface area contributed by atoms with Gasteiger partial charge >= 0.3 is 0 Å². The van der Waals surface area contributed by atoms with Crippen LogP contribution in [0.3, 0.4) is 0 Å². The van der Waals surface area contributed by atoms with Crippen molar-refractivity contribution in [1.82, 2.24) is 14.3 Å². The van der Waals surface area contributed by atoms with E-state index in [1.54, 1.807) is 0 Å². The van der Waals surface area contributed by atoms with Gasteiger partial charge in [-0.1, -0.05) is 13.8 Å². The highest BCUT2D eigenvalue weighted by molar-refractivity contribution is 7.87. The Morgan fingerprint density at radius 3 is 2.44 bits per heavy atom. The van der Waals surface area contributed by atoms with Crippen molar-refractivity contribution in [2.24, 2.45) is 5.41 Å². The van der Waals surface area contributed by atoms with Gasteiger partial charge < -0.3 is 10.4 Å². The molecule has 0 aliphatic carbocycles. The molecule has 0 saturated carbocycles. The molecule has 0 atom stereocenters. The number of rotatable bonds is 5. The van der Waals surface area contributed by atoms with Crippen molar-refractivity contribution in [1.29, 1.82) is 0 Å². The Morgan fingerprint density at radius 2 is 1.94 bits per heavy atom. The van der Waals surface area contributed by atoms with Crippen LogP contribution in [0.4, 0.5) is 0 Å². The van der Waals surface area contributed by atoms with Crippen LogP contribution in [0.1, 0.15) is 13.8 Å². The van der Waals surface area contributed by atoms with Gasteiger partial charge in [0.2, 0.25) is 0 Å². The van der Waals surface area contributed by atoms with E-state index in [4.69, 9.17) is 5.11 Å². The Bertz CT molecular complexity index is 310. The monoisotopic (exact) mass is 251 g/mol. The van der Waals surface area contributed by atoms with Gasteiger partial charge in [0.1, 0.15) is 0 Å². The lowest BCUT2D eigenvalue weighted by Gasteiger charge is -2.29. The molecule has 0 amide bonds. The Hall–Kier alpha value is -0.210. The van der Waals surface area contributed by atoms with E-state index < -0.39 is 15.6 Å². The molecule has 1 heterocycles. The predicted molar refractivity (Wildman–Crippen MR) is 62.2 cm³/mol. The summed E-state index contributed by atoms with van der Waals surface area (Å²) in [5.74, 6) is 0. The van der Waals surface area contributed by atoms with Crippen LogP contribution in [0.2, 0.25) is 0 Å². The van der Waals surface area contributed by atoms with Crippen LogP contribution in [0, 0.1) is 5.41 Å². The van der Waals surface area contributed by atoms with E-state index in [0.717, 1.165) is 0 Å². The van der Waals surface area contributed by atoms with Crippen molar-refractivity contribution < 1.29 is 13.5 Å². The highest BCUT2D eigenvalue weighted by Gasteiger charge is 2.26. The molecule has 96 valence electrons. The fourth-order valence-corrected chi connectivity index (χ4v) is 2.74. The van der Waals surface area contributed by atoms with E-state index in [9.17, 15) is 8.42 Å². The van der Waals surface area contributed by atoms with Gasteiger partial charge in [-0.2, -0.15) is 12.7 Å². The average molecular weight is 251 g/mol. The quantitative estimate of drug-likeness (QED) is 0.570. The molecule has 16 heavy (non-hydrogen) atoms. The molecule has 7 heteroatoms. The number of hydrogen-bond donors (Lipinski definition) is 3. The van der Waals surface area contributed by atoms with Gasteiger partial charge in [0.05, 0.1) is 0 Å². The second-order valence-electron chi connectivity index (χ2n) is 4.80. The van der Waals surface area contributed by atoms with Gasteiger partial charge in [0.15, 0.2) is 0 Å². The third kappa shape index (κ3) is 3.99. The van der Waals surface area contributed by atoms with E-state index in [1.165, 1.54) is 4.31 Å². The van der Waals surface area contributed by atoms with E-state index >= 15 is 0 Å². The number of hydrogen-bond acceptors (Lipinski definition) is 4. The van der Waals surface area contributed by atoms with Crippen LogP contribution in [0.5, 0.6) is 0 Å². The van der Waals surface area contributed by atoms with Crippen LogP contribution in [-0.4, -0.2) is 57.2 Å². The summed E-state index contributed by atoms with van der Waals surface area (Å²) in [6, 6.07) is 0. The van der Waals surface area contributed by atoms with E-state index in [2.05, 4.69) is 10.0 Å². The molecule has 0 bridgehead atoms. The molecular weight excluding hydrogens is 230 g/mol. The van der Waals surface area contributed by atoms with Gasteiger partial charge in [-0.15, -0.1) is 0 Å². The van der Waals surface area contributed by atoms with Crippen LogP contribution in [0.15, 0.2) is 0 Å². The molecule has 0 aromatic heterocycles. The lowest BCUT2D eigenvalue weighted by atomic mass is 9.96. The van der Waals surface area contributed by atoms with E-state index in [-0.39, 0.29) is 13.2 Å². The Kier molecular flexibility index (Phi) is 4.69. The van der Waals surface area contributed by atoms with E-state index in [1.807, 2.05) is 13.8 Å². The zero-order valence-electron chi connectivity index (χ0n) is 9.86. The van der Waals surface area contributed by atoms with Crippen LogP contribution in [0.25, 0.3) is 0 Å². The number of aliphatic hydroxyl groups excluding tert-OH is 1. The molecule has 1 fully saturated rings. The maximum absolute atomic E-state index is 11.9. The van der Waals surface area contributed by atoms with Gasteiger partial charge in [-0.3, -0.25) is 0 Å². The van der Waals surface area contributed by atoms with E-state index in [0.29, 0.717) is 26.2 Å². The summed E-state index contributed by atoms with van der Waals surface area (Å²) < 4.78 is 27.7. The molecule has 3 N–H and O–H groups in total. The Labute approximate surface area is 97.2 Å². The first kappa shape index (κ1) is 13.9. The molecule has 0 spiro atoms. The fraction of sp³-hybridized carbons (Fsp3) is 1.00. The third-order valence-corrected chi connectivity index (χ3v) is 4.13. The topological polar surface area (TPSA) is 81.7 Å². The first-order valence-electron chi connectivity index (χ1n) is 5.44. The Morgan fingerprint density at radius 1 is 1.38 bits per heavy atom. The number of nitrogens with zero attached hydrogens (tertiary/aromatic N) is 1. The summed E-state index contributed by atoms with van der Waals surface area (Å²) in [5.41, 5.74) is -0.429. The summed E-state index contributed by atoms with van der Waals surface area (Å²) in [6.45, 7) is 6.19. The van der Waals surface area contributed by atoms with Gasteiger partial charge in [-0.25, -0.2) is 4.72 Å². The highest BCUT2D eigenvalue weighted by atomic mass is 32.2. The summed E-state index contributed by atoms with van der Waals surface area (Å²) >= 11 is 0. The molecule has 0 unspecified atom stereocenters. The van der Waals surface area contributed by atoms with Crippen molar-refractivity contribution >= 4 is 10.2 Å². The second kappa shape index (κ2) is 5.42. The lowest BCUT2D eigenvalue weighted by molar-refractivity contribution is 0.162. The molecule has 6 nitrogen and oxygen atoms in total. The van der Waals surface area contributed by atoms with Crippen molar-refractivity contribution in [3.63, 3.8) is 0 Å². The first-order chi connectivity index (χ1) is 7.37. The normalized spacial score (nSPS) is 19.9. The fourth-order valence-electron chi connectivity index (χ4n) is 1.32. The van der Waals surface area contributed by atoms with Crippen LogP contribution in [-0.2, 0) is 10.2 Å². The summed E-state index contributed by atoms with van der Waals surface area (Å²) in [4.78, 5) is 0.